The molecule has 0 saturated carbocycles. The number of halogens is 3. The minimum Gasteiger partial charge on any atom is -0.478 e. The summed E-state index contributed by atoms with van der Waals surface area (Å²) in [6, 6.07) is 11.9. The van der Waals surface area contributed by atoms with Gasteiger partial charge in [-0.25, -0.2) is 4.79 Å². The molecule has 3 aromatic rings. The Kier molecular flexibility index (Phi) is 3.60. The number of alkyl halides is 3. The van der Waals surface area contributed by atoms with Crippen LogP contribution in [0.1, 0.15) is 21.5 Å². The van der Waals surface area contributed by atoms with Gasteiger partial charge in [-0.15, -0.1) is 0 Å². The molecule has 0 spiro atoms. The van der Waals surface area contributed by atoms with Gasteiger partial charge < -0.3 is 9.67 Å². The Hall–Kier alpha value is -2.76. The summed E-state index contributed by atoms with van der Waals surface area (Å²) in [6.07, 6.45) is -2.95. The monoisotopic (exact) mass is 319 g/mol. The lowest BCUT2D eigenvalue weighted by Gasteiger charge is -2.10. The number of carbonyl (C=O) groups is 1. The molecular formula is C17H12F3NO2. The Morgan fingerprint density at radius 1 is 1.09 bits per heavy atom. The van der Waals surface area contributed by atoms with Gasteiger partial charge in [0.2, 0.25) is 0 Å². The highest BCUT2D eigenvalue weighted by Gasteiger charge is 2.30. The number of para-hydroxylation sites is 1. The van der Waals surface area contributed by atoms with E-state index in [1.54, 1.807) is 34.9 Å². The molecule has 0 aliphatic heterocycles. The van der Waals surface area contributed by atoms with E-state index in [0.717, 1.165) is 12.1 Å². The largest absolute Gasteiger partial charge is 0.478 e. The molecule has 0 bridgehead atoms. The first-order valence-corrected chi connectivity index (χ1v) is 6.83. The van der Waals surface area contributed by atoms with E-state index >= 15 is 0 Å². The summed E-state index contributed by atoms with van der Waals surface area (Å²) in [5.41, 5.74) is 0.539. The fourth-order valence-electron chi connectivity index (χ4n) is 2.59. The summed E-state index contributed by atoms with van der Waals surface area (Å²) in [5, 5.41) is 9.81. The second-order valence-electron chi connectivity index (χ2n) is 5.19. The van der Waals surface area contributed by atoms with Crippen LogP contribution in [0.25, 0.3) is 10.9 Å². The van der Waals surface area contributed by atoms with Crippen molar-refractivity contribution >= 4 is 16.9 Å². The quantitative estimate of drug-likeness (QED) is 0.777. The van der Waals surface area contributed by atoms with E-state index in [2.05, 4.69) is 0 Å². The zero-order valence-corrected chi connectivity index (χ0v) is 11.8. The number of fused-ring (bicyclic) bond motifs is 1. The third kappa shape index (κ3) is 2.92. The van der Waals surface area contributed by atoms with Crippen LogP contribution in [-0.2, 0) is 12.7 Å². The average Bonchev–Trinajstić information content (AvgIpc) is 2.86. The van der Waals surface area contributed by atoms with E-state index in [-0.39, 0.29) is 12.1 Å². The van der Waals surface area contributed by atoms with Crippen molar-refractivity contribution in [2.24, 2.45) is 0 Å². The Balaban J connectivity index is 2.04. The molecule has 23 heavy (non-hydrogen) atoms. The molecule has 3 rings (SSSR count). The SMILES string of the molecule is O=C(O)c1cn(Cc2cccc(C(F)(F)F)c2)c2ccccc12. The third-order valence-corrected chi connectivity index (χ3v) is 3.63. The van der Waals surface area contributed by atoms with Gasteiger partial charge in [0, 0.05) is 23.6 Å². The van der Waals surface area contributed by atoms with Crippen LogP contribution in [0.15, 0.2) is 54.7 Å². The predicted octanol–water partition coefficient (Wildman–Crippen LogP) is 4.41. The zero-order chi connectivity index (χ0) is 16.6. The highest BCUT2D eigenvalue weighted by molar-refractivity contribution is 6.03. The average molecular weight is 319 g/mol. The molecule has 0 radical (unpaired) electrons. The van der Waals surface area contributed by atoms with Crippen LogP contribution in [-0.4, -0.2) is 15.6 Å². The number of nitrogens with zero attached hydrogens (tertiary/aromatic N) is 1. The van der Waals surface area contributed by atoms with E-state index in [1.165, 1.54) is 12.3 Å². The first kappa shape index (κ1) is 15.1. The molecule has 1 aromatic heterocycles. The van der Waals surface area contributed by atoms with Crippen LogP contribution in [0.5, 0.6) is 0 Å². The van der Waals surface area contributed by atoms with Gasteiger partial charge >= 0.3 is 12.1 Å². The van der Waals surface area contributed by atoms with Crippen LogP contribution < -0.4 is 0 Å². The summed E-state index contributed by atoms with van der Waals surface area (Å²) >= 11 is 0. The van der Waals surface area contributed by atoms with Crippen molar-refractivity contribution in [3.8, 4) is 0 Å². The van der Waals surface area contributed by atoms with Gasteiger partial charge in [0.1, 0.15) is 0 Å². The molecule has 0 saturated heterocycles. The van der Waals surface area contributed by atoms with E-state index in [9.17, 15) is 23.1 Å². The van der Waals surface area contributed by atoms with Gasteiger partial charge in [0.05, 0.1) is 11.1 Å². The first-order chi connectivity index (χ1) is 10.9. The Morgan fingerprint density at radius 3 is 2.52 bits per heavy atom. The fraction of sp³-hybridized carbons (Fsp3) is 0.118. The number of aromatic nitrogens is 1. The maximum Gasteiger partial charge on any atom is 0.416 e. The number of hydrogen-bond donors (Lipinski definition) is 1. The highest BCUT2D eigenvalue weighted by atomic mass is 19.4. The third-order valence-electron chi connectivity index (χ3n) is 3.63. The standard InChI is InChI=1S/C17H12F3NO2/c18-17(19,20)12-5-3-4-11(8-12)9-21-10-14(16(22)23)13-6-1-2-7-15(13)21/h1-8,10H,9H2,(H,22,23). The van der Waals surface area contributed by atoms with Crippen molar-refractivity contribution in [2.45, 2.75) is 12.7 Å². The van der Waals surface area contributed by atoms with E-state index < -0.39 is 17.7 Å². The van der Waals surface area contributed by atoms with Crippen LogP contribution in [0, 0.1) is 0 Å². The molecule has 3 nitrogen and oxygen atoms in total. The molecule has 118 valence electrons. The van der Waals surface area contributed by atoms with E-state index in [0.29, 0.717) is 16.5 Å². The Morgan fingerprint density at radius 2 is 1.83 bits per heavy atom. The molecule has 2 aromatic carbocycles. The maximum atomic E-state index is 12.8. The van der Waals surface area contributed by atoms with Gasteiger partial charge in [-0.2, -0.15) is 13.2 Å². The summed E-state index contributed by atoms with van der Waals surface area (Å²) in [5.74, 6) is -1.07. The second kappa shape index (κ2) is 5.46. The number of benzene rings is 2. The molecule has 0 aliphatic carbocycles. The Bertz CT molecular complexity index is 881. The topological polar surface area (TPSA) is 42.2 Å². The molecule has 0 aliphatic rings. The Labute approximate surface area is 129 Å². The molecular weight excluding hydrogens is 307 g/mol. The van der Waals surface area contributed by atoms with Gasteiger partial charge in [0.15, 0.2) is 0 Å². The zero-order valence-electron chi connectivity index (χ0n) is 11.8. The van der Waals surface area contributed by atoms with E-state index in [4.69, 9.17) is 0 Å². The number of carboxylic acids is 1. The van der Waals surface area contributed by atoms with Gasteiger partial charge in [-0.3, -0.25) is 0 Å². The number of aromatic carboxylic acids is 1. The summed E-state index contributed by atoms with van der Waals surface area (Å²) in [4.78, 5) is 11.3. The normalized spacial score (nSPS) is 11.8. The lowest BCUT2D eigenvalue weighted by atomic mass is 10.1. The molecule has 0 atom stereocenters. The maximum absolute atomic E-state index is 12.8. The summed E-state index contributed by atoms with van der Waals surface area (Å²) in [7, 11) is 0. The number of rotatable bonds is 3. The van der Waals surface area contributed by atoms with Crippen molar-refractivity contribution in [3.63, 3.8) is 0 Å². The molecule has 1 N–H and O–H groups in total. The van der Waals surface area contributed by atoms with Crippen molar-refractivity contribution in [2.75, 3.05) is 0 Å². The molecule has 0 unspecified atom stereocenters. The molecule has 1 heterocycles. The second-order valence-corrected chi connectivity index (χ2v) is 5.19. The van der Waals surface area contributed by atoms with Crippen LogP contribution >= 0.6 is 0 Å². The lowest BCUT2D eigenvalue weighted by molar-refractivity contribution is -0.137. The van der Waals surface area contributed by atoms with Gasteiger partial charge in [-0.05, 0) is 23.8 Å². The molecule has 6 heteroatoms. The smallest absolute Gasteiger partial charge is 0.416 e. The summed E-state index contributed by atoms with van der Waals surface area (Å²) in [6.45, 7) is 0.164. The fourth-order valence-corrected chi connectivity index (χ4v) is 2.59. The van der Waals surface area contributed by atoms with Crippen LogP contribution in [0.4, 0.5) is 13.2 Å². The minimum absolute atomic E-state index is 0.132. The van der Waals surface area contributed by atoms with Crippen molar-refractivity contribution in [1.29, 1.82) is 0 Å². The van der Waals surface area contributed by atoms with Crippen LogP contribution in [0.2, 0.25) is 0 Å². The van der Waals surface area contributed by atoms with Crippen molar-refractivity contribution < 1.29 is 23.1 Å². The summed E-state index contributed by atoms with van der Waals surface area (Å²) < 4.78 is 40.0. The number of hydrogen-bond acceptors (Lipinski definition) is 1. The number of carboxylic acid groups (broad SMARTS) is 1. The lowest BCUT2D eigenvalue weighted by Crippen LogP contribution is -2.06. The molecule has 0 fully saturated rings. The predicted molar refractivity (Wildman–Crippen MR) is 79.4 cm³/mol. The van der Waals surface area contributed by atoms with Crippen LogP contribution in [0.3, 0.4) is 0 Å². The molecule has 0 amide bonds. The van der Waals surface area contributed by atoms with Gasteiger partial charge in [-0.1, -0.05) is 30.3 Å². The van der Waals surface area contributed by atoms with Gasteiger partial charge in [0.25, 0.3) is 0 Å². The highest BCUT2D eigenvalue weighted by Crippen LogP contribution is 2.30. The first-order valence-electron chi connectivity index (χ1n) is 6.83. The minimum atomic E-state index is -4.40. The van der Waals surface area contributed by atoms with Crippen molar-refractivity contribution in [1.82, 2.24) is 4.57 Å². The van der Waals surface area contributed by atoms with Crippen molar-refractivity contribution in [3.05, 3.63) is 71.4 Å². The van der Waals surface area contributed by atoms with E-state index in [1.807, 2.05) is 0 Å².